The van der Waals surface area contributed by atoms with Crippen molar-refractivity contribution in [3.8, 4) is 0 Å². The van der Waals surface area contributed by atoms with Crippen LogP contribution in [0.5, 0.6) is 0 Å². The molecule has 5 heteroatoms. The number of piperidine rings is 1. The zero-order valence-electron chi connectivity index (χ0n) is 16.6. The molecule has 1 amide bonds. The first-order chi connectivity index (χ1) is 13.3. The first-order valence-corrected chi connectivity index (χ1v) is 10.6. The lowest BCUT2D eigenvalue weighted by Crippen LogP contribution is -2.49. The Morgan fingerprint density at radius 2 is 1.64 bits per heavy atom. The molecule has 3 rings (SSSR count). The van der Waals surface area contributed by atoms with Crippen LogP contribution in [0, 0.1) is 5.92 Å². The van der Waals surface area contributed by atoms with E-state index >= 15 is 0 Å². The number of hydrogen-bond donors (Lipinski definition) is 1. The van der Waals surface area contributed by atoms with Crippen molar-refractivity contribution >= 4 is 29.1 Å². The number of carbonyl (C=O) groups is 1. The summed E-state index contributed by atoms with van der Waals surface area (Å²) in [5, 5.41) is 4.67. The van der Waals surface area contributed by atoms with Crippen LogP contribution in [0.2, 0.25) is 10.0 Å². The molecule has 1 saturated heterocycles. The van der Waals surface area contributed by atoms with Gasteiger partial charge >= 0.3 is 0 Å². The first-order valence-electron chi connectivity index (χ1n) is 9.85. The summed E-state index contributed by atoms with van der Waals surface area (Å²) in [6.07, 6.45) is 2.54. The predicted molar refractivity (Wildman–Crippen MR) is 117 cm³/mol. The van der Waals surface area contributed by atoms with E-state index in [0.717, 1.165) is 44.5 Å². The molecule has 1 aliphatic heterocycles. The lowest BCUT2D eigenvalue weighted by Gasteiger charge is -2.34. The van der Waals surface area contributed by atoms with Crippen LogP contribution < -0.4 is 5.32 Å². The van der Waals surface area contributed by atoms with Gasteiger partial charge in [-0.2, -0.15) is 0 Å². The lowest BCUT2D eigenvalue weighted by molar-refractivity contribution is -0.128. The van der Waals surface area contributed by atoms with Crippen molar-refractivity contribution in [2.75, 3.05) is 13.1 Å². The third-order valence-corrected chi connectivity index (χ3v) is 6.06. The van der Waals surface area contributed by atoms with E-state index in [1.165, 1.54) is 5.56 Å². The molecule has 1 aliphatic rings. The molecule has 0 spiro atoms. The molecule has 3 nitrogen and oxygen atoms in total. The van der Waals surface area contributed by atoms with Gasteiger partial charge in [0.05, 0.1) is 0 Å². The summed E-state index contributed by atoms with van der Waals surface area (Å²) in [7, 11) is 0. The summed E-state index contributed by atoms with van der Waals surface area (Å²) in [6, 6.07) is 15.9. The highest BCUT2D eigenvalue weighted by Gasteiger charge is 2.29. The Kier molecular flexibility index (Phi) is 7.03. The topological polar surface area (TPSA) is 32.3 Å². The molecule has 2 aromatic carbocycles. The number of amides is 1. The van der Waals surface area contributed by atoms with Gasteiger partial charge in [0.15, 0.2) is 0 Å². The number of benzene rings is 2. The molecule has 0 radical (unpaired) electrons. The van der Waals surface area contributed by atoms with Crippen LogP contribution in [0.15, 0.2) is 48.5 Å². The summed E-state index contributed by atoms with van der Waals surface area (Å²) < 4.78 is 0. The molecule has 0 unspecified atom stereocenters. The standard InChI is InChI=1S/C23H28Cl2N2O/c1-23(2,15-17-7-4-3-5-8-17)26-22(28)18-11-13-27(14-12-18)16-19-20(24)9-6-10-21(19)25/h3-10,18H,11-16H2,1-2H3,(H,26,28). The van der Waals surface area contributed by atoms with Gasteiger partial charge in [-0.3, -0.25) is 9.69 Å². The fraction of sp³-hybridized carbons (Fsp3) is 0.435. The van der Waals surface area contributed by atoms with E-state index in [0.29, 0.717) is 10.0 Å². The number of carbonyl (C=O) groups excluding carboxylic acids is 1. The third kappa shape index (κ3) is 5.73. The minimum absolute atomic E-state index is 0.0630. The van der Waals surface area contributed by atoms with Gasteiger partial charge in [-0.25, -0.2) is 0 Å². The highest BCUT2D eigenvalue weighted by atomic mass is 35.5. The minimum atomic E-state index is -0.263. The average Bonchev–Trinajstić information content (AvgIpc) is 2.65. The normalized spacial score (nSPS) is 16.1. The molecule has 0 saturated carbocycles. The van der Waals surface area contributed by atoms with Crippen LogP contribution in [-0.2, 0) is 17.8 Å². The fourth-order valence-corrected chi connectivity index (χ4v) is 4.36. The van der Waals surface area contributed by atoms with Crippen LogP contribution in [0.1, 0.15) is 37.8 Å². The van der Waals surface area contributed by atoms with Crippen molar-refractivity contribution in [3.05, 3.63) is 69.7 Å². The molecule has 0 aromatic heterocycles. The maximum atomic E-state index is 12.8. The van der Waals surface area contributed by atoms with Gasteiger partial charge in [-0.1, -0.05) is 59.6 Å². The molecule has 0 aliphatic carbocycles. The van der Waals surface area contributed by atoms with Gasteiger partial charge in [-0.15, -0.1) is 0 Å². The molecule has 1 N–H and O–H groups in total. The van der Waals surface area contributed by atoms with E-state index in [1.54, 1.807) is 0 Å². The summed E-state index contributed by atoms with van der Waals surface area (Å²) in [6.45, 7) is 6.66. The van der Waals surface area contributed by atoms with Crippen molar-refractivity contribution < 1.29 is 4.79 Å². The number of hydrogen-bond acceptors (Lipinski definition) is 2. The molecule has 1 fully saturated rings. The lowest BCUT2D eigenvalue weighted by atomic mass is 9.91. The molecule has 28 heavy (non-hydrogen) atoms. The smallest absolute Gasteiger partial charge is 0.223 e. The fourth-order valence-electron chi connectivity index (χ4n) is 3.85. The largest absolute Gasteiger partial charge is 0.351 e. The van der Waals surface area contributed by atoms with Gasteiger partial charge in [0.25, 0.3) is 0 Å². The van der Waals surface area contributed by atoms with E-state index in [9.17, 15) is 4.79 Å². The summed E-state index contributed by atoms with van der Waals surface area (Å²) >= 11 is 12.6. The van der Waals surface area contributed by atoms with Crippen LogP contribution in [0.3, 0.4) is 0 Å². The molecule has 2 aromatic rings. The van der Waals surface area contributed by atoms with E-state index < -0.39 is 0 Å². The Morgan fingerprint density at radius 3 is 2.25 bits per heavy atom. The monoisotopic (exact) mass is 418 g/mol. The number of nitrogens with one attached hydrogen (secondary N) is 1. The van der Waals surface area contributed by atoms with Gasteiger partial charge in [0, 0.05) is 33.6 Å². The van der Waals surface area contributed by atoms with Crippen LogP contribution >= 0.6 is 23.2 Å². The van der Waals surface area contributed by atoms with Crippen molar-refractivity contribution in [1.29, 1.82) is 0 Å². The van der Waals surface area contributed by atoms with Gasteiger partial charge in [0.1, 0.15) is 0 Å². The van der Waals surface area contributed by atoms with Crippen LogP contribution in [-0.4, -0.2) is 29.4 Å². The summed E-state index contributed by atoms with van der Waals surface area (Å²) in [5.41, 5.74) is 1.94. The molecule has 1 heterocycles. The maximum absolute atomic E-state index is 12.8. The van der Waals surface area contributed by atoms with Gasteiger partial charge < -0.3 is 5.32 Å². The molecular weight excluding hydrogens is 391 g/mol. The Morgan fingerprint density at radius 1 is 1.04 bits per heavy atom. The number of rotatable bonds is 6. The zero-order valence-corrected chi connectivity index (χ0v) is 18.1. The van der Waals surface area contributed by atoms with Gasteiger partial charge in [0.2, 0.25) is 5.91 Å². The summed E-state index contributed by atoms with van der Waals surface area (Å²) in [4.78, 5) is 15.1. The second kappa shape index (κ2) is 9.30. The molecule has 150 valence electrons. The highest BCUT2D eigenvalue weighted by Crippen LogP contribution is 2.28. The van der Waals surface area contributed by atoms with Gasteiger partial charge in [-0.05, 0) is 63.9 Å². The zero-order chi connectivity index (χ0) is 20.1. The SMILES string of the molecule is CC(C)(Cc1ccccc1)NC(=O)C1CCN(Cc2c(Cl)cccc2Cl)CC1. The first kappa shape index (κ1) is 21.2. The van der Waals surface area contributed by atoms with E-state index in [1.807, 2.05) is 36.4 Å². The average molecular weight is 419 g/mol. The Hall–Kier alpha value is -1.55. The quantitative estimate of drug-likeness (QED) is 0.685. The molecular formula is C23H28Cl2N2O. The second-order valence-electron chi connectivity index (χ2n) is 8.29. The number of halogens is 2. The maximum Gasteiger partial charge on any atom is 0.223 e. The van der Waals surface area contributed by atoms with E-state index in [-0.39, 0.29) is 17.4 Å². The molecule has 0 bridgehead atoms. The second-order valence-corrected chi connectivity index (χ2v) is 9.10. The highest BCUT2D eigenvalue weighted by molar-refractivity contribution is 6.35. The number of nitrogens with zero attached hydrogens (tertiary/aromatic N) is 1. The summed E-state index contributed by atoms with van der Waals surface area (Å²) in [5.74, 6) is 0.226. The van der Waals surface area contributed by atoms with Crippen LogP contribution in [0.4, 0.5) is 0 Å². The van der Waals surface area contributed by atoms with Crippen LogP contribution in [0.25, 0.3) is 0 Å². The Labute approximate surface area is 178 Å². The van der Waals surface area contributed by atoms with E-state index in [2.05, 4.69) is 36.2 Å². The molecule has 0 atom stereocenters. The Bertz CT molecular complexity index is 779. The minimum Gasteiger partial charge on any atom is -0.351 e. The predicted octanol–water partition coefficient (Wildman–Crippen LogP) is 5.34. The van der Waals surface area contributed by atoms with Crippen molar-refractivity contribution in [3.63, 3.8) is 0 Å². The van der Waals surface area contributed by atoms with Crippen molar-refractivity contribution in [2.24, 2.45) is 5.92 Å². The number of likely N-dealkylation sites (tertiary alicyclic amines) is 1. The van der Waals surface area contributed by atoms with Crippen molar-refractivity contribution in [2.45, 2.75) is 45.2 Å². The third-order valence-electron chi connectivity index (χ3n) is 5.35. The van der Waals surface area contributed by atoms with E-state index in [4.69, 9.17) is 23.2 Å². The Balaban J connectivity index is 1.51. The van der Waals surface area contributed by atoms with Crippen molar-refractivity contribution in [1.82, 2.24) is 10.2 Å².